The minimum absolute atomic E-state index is 0.0692. The second-order valence-corrected chi connectivity index (χ2v) is 4.19. The van der Waals surface area contributed by atoms with E-state index in [4.69, 9.17) is 11.6 Å². The Morgan fingerprint density at radius 2 is 2.00 bits per heavy atom. The van der Waals surface area contributed by atoms with E-state index in [9.17, 15) is 0 Å². The van der Waals surface area contributed by atoms with E-state index in [-0.39, 0.29) is 12.0 Å². The Kier molecular flexibility index (Phi) is 2.22. The maximum absolute atomic E-state index is 5.78. The minimum atomic E-state index is 0.0692. The fourth-order valence-electron chi connectivity index (χ4n) is 2.19. The first-order chi connectivity index (χ1) is 8.25. The lowest BCUT2D eigenvalue weighted by molar-refractivity contribution is 0.468. The highest BCUT2D eigenvalue weighted by Crippen LogP contribution is 2.24. The van der Waals surface area contributed by atoms with Crippen LogP contribution in [0.3, 0.4) is 0 Å². The van der Waals surface area contributed by atoms with Crippen LogP contribution >= 0.6 is 0 Å². The van der Waals surface area contributed by atoms with E-state index in [0.29, 0.717) is 5.82 Å². The van der Waals surface area contributed by atoms with Crippen LogP contribution in [0.15, 0.2) is 24.3 Å². The van der Waals surface area contributed by atoms with Crippen LogP contribution in [0.25, 0.3) is 0 Å². The Bertz CT molecular complexity index is 547. The van der Waals surface area contributed by atoms with Gasteiger partial charge in [0.25, 0.3) is 0 Å². The molecule has 0 amide bonds. The van der Waals surface area contributed by atoms with Gasteiger partial charge in [0.1, 0.15) is 0 Å². The smallest absolute Gasteiger partial charge is 0.240 e. The lowest BCUT2D eigenvalue weighted by Gasteiger charge is -2.25. The number of nitrogen functional groups attached to an aromatic ring is 2. The largest absolute Gasteiger partial charge is 0.366 e. The molecule has 1 aromatic carbocycles. The maximum Gasteiger partial charge on any atom is 0.240 e. The number of benzene rings is 1. The second kappa shape index (κ2) is 3.74. The molecule has 2 heterocycles. The van der Waals surface area contributed by atoms with E-state index in [1.165, 1.54) is 15.8 Å². The van der Waals surface area contributed by atoms with Crippen molar-refractivity contribution in [1.82, 2.24) is 20.2 Å². The Morgan fingerprint density at radius 3 is 2.71 bits per heavy atom. The summed E-state index contributed by atoms with van der Waals surface area (Å²) in [5.74, 6) is 6.69. The summed E-state index contributed by atoms with van der Waals surface area (Å²) in [7, 11) is 0. The van der Waals surface area contributed by atoms with Crippen LogP contribution in [0.4, 0.5) is 5.95 Å². The van der Waals surface area contributed by atoms with Crippen LogP contribution in [0, 0.1) is 0 Å². The van der Waals surface area contributed by atoms with Crippen molar-refractivity contribution in [3.05, 3.63) is 41.2 Å². The standard InChI is InChI=1S/C11H14N6/c12-11-16-15-10(17(11)13)9-5-7-3-1-2-4-8(7)6-14-9/h1-4,9,14H,5-6,13H2,(H2,12,16). The molecule has 0 spiro atoms. The van der Waals surface area contributed by atoms with Crippen LogP contribution in [-0.4, -0.2) is 14.9 Å². The molecule has 5 N–H and O–H groups in total. The molecule has 6 nitrogen and oxygen atoms in total. The molecule has 0 fully saturated rings. The zero-order valence-electron chi connectivity index (χ0n) is 9.30. The van der Waals surface area contributed by atoms with Crippen LogP contribution in [-0.2, 0) is 13.0 Å². The molecule has 3 rings (SSSR count). The SMILES string of the molecule is Nc1nnc(C2Cc3ccccc3CN2)n1N. The number of hydrogen-bond acceptors (Lipinski definition) is 5. The molecule has 2 aromatic rings. The lowest BCUT2D eigenvalue weighted by atomic mass is 9.95. The quantitative estimate of drug-likeness (QED) is 0.598. The number of aromatic nitrogens is 3. The van der Waals surface area contributed by atoms with Crippen LogP contribution in [0.5, 0.6) is 0 Å². The van der Waals surface area contributed by atoms with Gasteiger partial charge in [-0.1, -0.05) is 24.3 Å². The summed E-state index contributed by atoms with van der Waals surface area (Å²) < 4.78 is 1.34. The first-order valence-corrected chi connectivity index (χ1v) is 5.51. The van der Waals surface area contributed by atoms with Gasteiger partial charge in [0.2, 0.25) is 5.95 Å². The summed E-state index contributed by atoms with van der Waals surface area (Å²) in [4.78, 5) is 0. The van der Waals surface area contributed by atoms with Crippen molar-refractivity contribution >= 4 is 5.95 Å². The van der Waals surface area contributed by atoms with Gasteiger partial charge in [-0.3, -0.25) is 0 Å². The van der Waals surface area contributed by atoms with Crippen molar-refractivity contribution in [2.45, 2.75) is 19.0 Å². The van der Waals surface area contributed by atoms with Gasteiger partial charge in [-0.2, -0.15) is 0 Å². The zero-order chi connectivity index (χ0) is 11.8. The molecule has 1 atom stereocenters. The van der Waals surface area contributed by atoms with Crippen molar-refractivity contribution in [3.63, 3.8) is 0 Å². The summed E-state index contributed by atoms with van der Waals surface area (Å²) in [5.41, 5.74) is 8.22. The fourth-order valence-corrected chi connectivity index (χ4v) is 2.19. The predicted molar refractivity (Wildman–Crippen MR) is 64.3 cm³/mol. The van der Waals surface area contributed by atoms with E-state index in [1.54, 1.807) is 0 Å². The van der Waals surface area contributed by atoms with Gasteiger partial charge < -0.3 is 16.9 Å². The highest BCUT2D eigenvalue weighted by Gasteiger charge is 2.23. The highest BCUT2D eigenvalue weighted by atomic mass is 15.5. The average Bonchev–Trinajstić information content (AvgIpc) is 2.70. The fraction of sp³-hybridized carbons (Fsp3) is 0.273. The molecular weight excluding hydrogens is 216 g/mol. The topological polar surface area (TPSA) is 94.8 Å². The van der Waals surface area contributed by atoms with Gasteiger partial charge >= 0.3 is 0 Å². The van der Waals surface area contributed by atoms with Crippen LogP contribution < -0.4 is 16.9 Å². The molecule has 0 saturated carbocycles. The summed E-state index contributed by atoms with van der Waals surface area (Å²) in [5, 5.41) is 11.2. The Morgan fingerprint density at radius 1 is 1.24 bits per heavy atom. The van der Waals surface area contributed by atoms with Gasteiger partial charge in [-0.05, 0) is 17.5 Å². The first-order valence-electron chi connectivity index (χ1n) is 5.51. The predicted octanol–water partition coefficient (Wildman–Crippen LogP) is -0.0389. The normalized spacial score (nSPS) is 18.9. The molecule has 6 heteroatoms. The van der Waals surface area contributed by atoms with Gasteiger partial charge in [0.15, 0.2) is 5.82 Å². The number of anilines is 1. The van der Waals surface area contributed by atoms with Crippen molar-refractivity contribution in [3.8, 4) is 0 Å². The summed E-state index contributed by atoms with van der Waals surface area (Å²) in [6, 6.07) is 8.41. The maximum atomic E-state index is 5.78. The molecule has 0 saturated heterocycles. The van der Waals surface area contributed by atoms with Crippen molar-refractivity contribution < 1.29 is 0 Å². The minimum Gasteiger partial charge on any atom is -0.366 e. The van der Waals surface area contributed by atoms with Crippen LogP contribution in [0.2, 0.25) is 0 Å². The number of fused-ring (bicyclic) bond motifs is 1. The molecule has 0 aliphatic carbocycles. The Balaban J connectivity index is 1.92. The summed E-state index contributed by atoms with van der Waals surface area (Å²) in [6.07, 6.45) is 0.853. The third-order valence-electron chi connectivity index (χ3n) is 3.14. The first kappa shape index (κ1) is 10.1. The van der Waals surface area contributed by atoms with E-state index in [0.717, 1.165) is 13.0 Å². The summed E-state index contributed by atoms with van der Waals surface area (Å²) >= 11 is 0. The van der Waals surface area contributed by atoms with E-state index in [2.05, 4.69) is 27.6 Å². The molecule has 1 aromatic heterocycles. The Hall–Kier alpha value is -2.08. The molecule has 17 heavy (non-hydrogen) atoms. The van der Waals surface area contributed by atoms with E-state index >= 15 is 0 Å². The van der Waals surface area contributed by atoms with Crippen molar-refractivity contribution in [2.24, 2.45) is 0 Å². The monoisotopic (exact) mass is 230 g/mol. The van der Waals surface area contributed by atoms with E-state index < -0.39 is 0 Å². The highest BCUT2D eigenvalue weighted by molar-refractivity contribution is 5.31. The van der Waals surface area contributed by atoms with E-state index in [1.807, 2.05) is 12.1 Å². The number of hydrogen-bond donors (Lipinski definition) is 3. The molecule has 0 bridgehead atoms. The third kappa shape index (κ3) is 1.62. The third-order valence-corrected chi connectivity index (χ3v) is 3.14. The number of nitrogens with one attached hydrogen (secondary N) is 1. The van der Waals surface area contributed by atoms with Gasteiger partial charge in [0, 0.05) is 6.54 Å². The molecule has 1 unspecified atom stereocenters. The number of rotatable bonds is 1. The molecule has 1 aliphatic rings. The average molecular weight is 230 g/mol. The molecule has 88 valence electrons. The van der Waals surface area contributed by atoms with Gasteiger partial charge in [0.05, 0.1) is 6.04 Å². The van der Waals surface area contributed by atoms with Crippen LogP contribution in [0.1, 0.15) is 23.0 Å². The second-order valence-electron chi connectivity index (χ2n) is 4.19. The van der Waals surface area contributed by atoms with Gasteiger partial charge in [-0.15, -0.1) is 10.2 Å². The molecular formula is C11H14N6. The lowest BCUT2D eigenvalue weighted by Crippen LogP contribution is -2.32. The summed E-state index contributed by atoms with van der Waals surface area (Å²) in [6.45, 7) is 0.813. The van der Waals surface area contributed by atoms with Crippen molar-refractivity contribution in [1.29, 1.82) is 0 Å². The zero-order valence-corrected chi connectivity index (χ0v) is 9.30. The Labute approximate surface area is 98.6 Å². The number of nitrogens with two attached hydrogens (primary N) is 2. The van der Waals surface area contributed by atoms with Crippen molar-refractivity contribution in [2.75, 3.05) is 11.6 Å². The van der Waals surface area contributed by atoms with Gasteiger partial charge in [-0.25, -0.2) is 4.68 Å². The number of nitrogens with zero attached hydrogens (tertiary/aromatic N) is 3. The molecule has 0 radical (unpaired) electrons. The molecule has 1 aliphatic heterocycles.